The van der Waals surface area contributed by atoms with Crippen LogP contribution in [-0.4, -0.2) is 47.6 Å². The fourth-order valence-corrected chi connectivity index (χ4v) is 3.19. The lowest BCUT2D eigenvalue weighted by Crippen LogP contribution is -2.55. The van der Waals surface area contributed by atoms with Crippen LogP contribution in [0.25, 0.3) is 10.9 Å². The summed E-state index contributed by atoms with van der Waals surface area (Å²) in [4.78, 5) is 39.8. The van der Waals surface area contributed by atoms with Crippen molar-refractivity contribution < 1.29 is 14.4 Å². The molecule has 2 atom stereocenters. The molecular formula is C19H30N8O3. The number of hydrogen-bond acceptors (Lipinski definition) is 7. The maximum absolute atomic E-state index is 12.9. The van der Waals surface area contributed by atoms with Crippen molar-refractivity contribution in [3.8, 4) is 0 Å². The lowest BCUT2D eigenvalue weighted by Gasteiger charge is -2.22. The van der Waals surface area contributed by atoms with Crippen molar-refractivity contribution >= 4 is 28.6 Å². The molecule has 30 heavy (non-hydrogen) atoms. The minimum absolute atomic E-state index is 0.260. The van der Waals surface area contributed by atoms with Crippen molar-refractivity contribution in [3.63, 3.8) is 0 Å². The highest BCUT2D eigenvalue weighted by molar-refractivity contribution is 5.92. The number of nitrogens with two attached hydrogens (primary N) is 3. The van der Waals surface area contributed by atoms with Crippen LogP contribution in [-0.2, 0) is 20.8 Å². The van der Waals surface area contributed by atoms with Crippen LogP contribution >= 0.6 is 0 Å². The number of carbonyl (C=O) groups excluding carboxylic acids is 3. The minimum Gasteiger partial charge on any atom is -0.361 e. The summed E-state index contributed by atoms with van der Waals surface area (Å²) < 4.78 is 0. The molecule has 1 heterocycles. The molecule has 164 valence electrons. The Kier molecular flexibility index (Phi) is 8.74. The molecule has 11 N–H and O–H groups in total. The highest BCUT2D eigenvalue weighted by Gasteiger charge is 2.26. The molecule has 11 nitrogen and oxygen atoms in total. The SMILES string of the molecule is CC(=O)NC(Cc1c[nH]c2ccccc12)C(=O)NC(CCCNC(N)N)C(=O)NN. The maximum atomic E-state index is 12.9. The van der Waals surface area contributed by atoms with Crippen LogP contribution in [0.5, 0.6) is 0 Å². The van der Waals surface area contributed by atoms with Crippen molar-refractivity contribution in [2.75, 3.05) is 6.54 Å². The fourth-order valence-electron chi connectivity index (χ4n) is 3.19. The zero-order chi connectivity index (χ0) is 22.1. The first-order valence-corrected chi connectivity index (χ1v) is 9.69. The highest BCUT2D eigenvalue weighted by Crippen LogP contribution is 2.19. The number of amides is 3. The number of rotatable bonds is 11. The average molecular weight is 419 g/mol. The first-order valence-electron chi connectivity index (χ1n) is 9.69. The molecule has 0 fully saturated rings. The van der Waals surface area contributed by atoms with Gasteiger partial charge in [0.15, 0.2) is 0 Å². The molecule has 0 radical (unpaired) electrons. The van der Waals surface area contributed by atoms with E-state index >= 15 is 0 Å². The smallest absolute Gasteiger partial charge is 0.256 e. The normalized spacial score (nSPS) is 13.1. The van der Waals surface area contributed by atoms with Crippen LogP contribution < -0.4 is 38.7 Å². The summed E-state index contributed by atoms with van der Waals surface area (Å²) in [6, 6.07) is 5.95. The first-order chi connectivity index (χ1) is 14.3. The first kappa shape index (κ1) is 23.3. The molecule has 0 aliphatic carbocycles. The van der Waals surface area contributed by atoms with E-state index in [9.17, 15) is 14.4 Å². The molecule has 1 aromatic heterocycles. The number of hydrazine groups is 1. The number of aromatic amines is 1. The van der Waals surface area contributed by atoms with E-state index in [0.717, 1.165) is 16.5 Å². The number of fused-ring (bicyclic) bond motifs is 1. The predicted octanol–water partition coefficient (Wildman–Crippen LogP) is -1.74. The van der Waals surface area contributed by atoms with E-state index in [1.807, 2.05) is 24.3 Å². The third kappa shape index (κ3) is 6.81. The molecule has 1 aromatic carbocycles. The van der Waals surface area contributed by atoms with Gasteiger partial charge < -0.3 is 27.1 Å². The third-order valence-corrected chi connectivity index (χ3v) is 4.62. The summed E-state index contributed by atoms with van der Waals surface area (Å²) in [7, 11) is 0. The standard InChI is InChI=1S/C19H30N8O3/c1-11(28)25-16(9-12-10-24-14-6-3-2-5-13(12)14)17(29)26-15(18(30)27-22)7-4-8-23-19(20)21/h2-3,5-6,10,15-16,19,23-24H,4,7-9,20-22H2,1H3,(H,25,28)(H,26,29)(H,27,30). The van der Waals surface area contributed by atoms with Crippen molar-refractivity contribution in [2.24, 2.45) is 17.3 Å². The Hall–Kier alpha value is -2.99. The van der Waals surface area contributed by atoms with E-state index in [1.54, 1.807) is 6.20 Å². The van der Waals surface area contributed by atoms with E-state index in [0.29, 0.717) is 19.4 Å². The Morgan fingerprint density at radius 2 is 1.80 bits per heavy atom. The Labute approximate surface area is 174 Å². The van der Waals surface area contributed by atoms with Gasteiger partial charge in [-0.25, -0.2) is 5.84 Å². The van der Waals surface area contributed by atoms with Crippen molar-refractivity contribution in [1.29, 1.82) is 0 Å². The summed E-state index contributed by atoms with van der Waals surface area (Å²) in [6.07, 6.45) is 2.24. The molecule has 0 spiro atoms. The molecule has 0 aliphatic heterocycles. The fraction of sp³-hybridized carbons (Fsp3) is 0.421. The molecule has 3 amide bonds. The van der Waals surface area contributed by atoms with Crippen LogP contribution in [0, 0.1) is 0 Å². The number of benzene rings is 1. The topological polar surface area (TPSA) is 193 Å². The van der Waals surface area contributed by atoms with E-state index in [1.165, 1.54) is 6.92 Å². The largest absolute Gasteiger partial charge is 0.361 e. The second-order valence-electron chi connectivity index (χ2n) is 7.01. The number of para-hydroxylation sites is 1. The molecule has 11 heteroatoms. The van der Waals surface area contributed by atoms with Crippen LogP contribution in [0.2, 0.25) is 0 Å². The highest BCUT2D eigenvalue weighted by atomic mass is 16.2. The number of aromatic nitrogens is 1. The van der Waals surface area contributed by atoms with Gasteiger partial charge in [0.1, 0.15) is 18.4 Å². The quantitative estimate of drug-likeness (QED) is 0.0697. The summed E-state index contributed by atoms with van der Waals surface area (Å²) in [5.74, 6) is 3.89. The van der Waals surface area contributed by atoms with E-state index < -0.39 is 30.2 Å². The second kappa shape index (κ2) is 11.3. The molecule has 2 unspecified atom stereocenters. The lowest BCUT2D eigenvalue weighted by atomic mass is 10.0. The second-order valence-corrected chi connectivity index (χ2v) is 7.01. The Morgan fingerprint density at radius 1 is 1.07 bits per heavy atom. The van der Waals surface area contributed by atoms with Gasteiger partial charge in [0.2, 0.25) is 11.8 Å². The third-order valence-electron chi connectivity index (χ3n) is 4.62. The summed E-state index contributed by atoms with van der Waals surface area (Å²) in [5.41, 5.74) is 14.7. The van der Waals surface area contributed by atoms with Crippen LogP contribution in [0.1, 0.15) is 25.3 Å². The Bertz CT molecular complexity index is 866. The molecular weight excluding hydrogens is 388 g/mol. The van der Waals surface area contributed by atoms with Gasteiger partial charge in [-0.3, -0.25) is 25.1 Å². The van der Waals surface area contributed by atoms with Gasteiger partial charge in [-0.1, -0.05) is 18.2 Å². The molecule has 0 saturated carbocycles. The number of nitrogens with one attached hydrogen (secondary N) is 5. The van der Waals surface area contributed by atoms with Gasteiger partial charge in [0, 0.05) is 30.4 Å². The van der Waals surface area contributed by atoms with Crippen LogP contribution in [0.4, 0.5) is 0 Å². The molecule has 2 rings (SSSR count). The summed E-state index contributed by atoms with van der Waals surface area (Å²) >= 11 is 0. The van der Waals surface area contributed by atoms with Gasteiger partial charge in [0.05, 0.1) is 0 Å². The van der Waals surface area contributed by atoms with Crippen molar-refractivity contribution in [3.05, 3.63) is 36.0 Å². The Balaban J connectivity index is 2.09. The van der Waals surface area contributed by atoms with Gasteiger partial charge in [-0.2, -0.15) is 0 Å². The zero-order valence-electron chi connectivity index (χ0n) is 16.9. The number of H-pyrrole nitrogens is 1. The zero-order valence-corrected chi connectivity index (χ0v) is 16.9. The summed E-state index contributed by atoms with van der Waals surface area (Å²) in [5, 5.41) is 9.11. The monoisotopic (exact) mass is 418 g/mol. The molecule has 2 aromatic rings. The van der Waals surface area contributed by atoms with Gasteiger partial charge in [0.25, 0.3) is 5.91 Å². The molecule has 0 aliphatic rings. The van der Waals surface area contributed by atoms with E-state index in [-0.39, 0.29) is 12.3 Å². The van der Waals surface area contributed by atoms with E-state index in [2.05, 4.69) is 26.4 Å². The lowest BCUT2D eigenvalue weighted by molar-refractivity contribution is -0.131. The van der Waals surface area contributed by atoms with Crippen molar-refractivity contribution in [1.82, 2.24) is 26.4 Å². The number of carbonyl (C=O) groups is 3. The molecule has 0 bridgehead atoms. The summed E-state index contributed by atoms with van der Waals surface area (Å²) in [6.45, 7) is 1.80. The minimum atomic E-state index is -0.863. The molecule has 0 saturated heterocycles. The van der Waals surface area contributed by atoms with Crippen LogP contribution in [0.3, 0.4) is 0 Å². The van der Waals surface area contributed by atoms with Gasteiger partial charge >= 0.3 is 0 Å². The van der Waals surface area contributed by atoms with Crippen LogP contribution in [0.15, 0.2) is 30.5 Å². The Morgan fingerprint density at radius 3 is 2.47 bits per heavy atom. The maximum Gasteiger partial charge on any atom is 0.256 e. The van der Waals surface area contributed by atoms with E-state index in [4.69, 9.17) is 17.3 Å². The predicted molar refractivity (Wildman–Crippen MR) is 113 cm³/mol. The van der Waals surface area contributed by atoms with Gasteiger partial charge in [-0.15, -0.1) is 0 Å². The van der Waals surface area contributed by atoms with Crippen molar-refractivity contribution in [2.45, 2.75) is 44.6 Å². The van der Waals surface area contributed by atoms with Gasteiger partial charge in [-0.05, 0) is 31.0 Å². The average Bonchev–Trinajstić information content (AvgIpc) is 3.11. The number of hydrogen-bond donors (Lipinski definition) is 8.